The molecular formula is C21H18Cl2N4O3. The molecule has 3 N–H and O–H groups in total. The van der Waals surface area contributed by atoms with Gasteiger partial charge in [-0.1, -0.05) is 29.3 Å². The number of urea groups is 1. The Morgan fingerprint density at radius 3 is 2.27 bits per heavy atom. The summed E-state index contributed by atoms with van der Waals surface area (Å²) in [6, 6.07) is 14.6. The van der Waals surface area contributed by atoms with E-state index < -0.39 is 12.0 Å². The van der Waals surface area contributed by atoms with Crippen LogP contribution in [0.25, 0.3) is 0 Å². The van der Waals surface area contributed by atoms with Gasteiger partial charge in [-0.25, -0.2) is 14.6 Å². The second-order valence-corrected chi connectivity index (χ2v) is 6.81. The van der Waals surface area contributed by atoms with Crippen LogP contribution in [0.1, 0.15) is 17.3 Å². The fraction of sp³-hybridized carbons (Fsp3) is 0.0952. The number of amides is 2. The van der Waals surface area contributed by atoms with Crippen LogP contribution in [0.5, 0.6) is 0 Å². The monoisotopic (exact) mass is 444 g/mol. The summed E-state index contributed by atoms with van der Waals surface area (Å²) in [5.74, 6) is -0.0796. The van der Waals surface area contributed by atoms with Gasteiger partial charge in [0.1, 0.15) is 11.4 Å². The molecule has 3 aromatic rings. The average Bonchev–Trinajstić information content (AvgIpc) is 2.73. The van der Waals surface area contributed by atoms with Gasteiger partial charge in [-0.2, -0.15) is 0 Å². The van der Waals surface area contributed by atoms with E-state index in [0.29, 0.717) is 38.5 Å². The Morgan fingerprint density at radius 2 is 1.60 bits per heavy atom. The number of aromatic nitrogens is 1. The zero-order chi connectivity index (χ0) is 21.5. The topological polar surface area (TPSA) is 92.3 Å². The Hall–Kier alpha value is -3.29. The number of nitrogens with one attached hydrogen (secondary N) is 3. The quantitative estimate of drug-likeness (QED) is 0.408. The highest BCUT2D eigenvalue weighted by atomic mass is 35.5. The largest absolute Gasteiger partial charge is 0.462 e. The van der Waals surface area contributed by atoms with E-state index in [1.165, 1.54) is 0 Å². The lowest BCUT2D eigenvalue weighted by atomic mass is 10.2. The summed E-state index contributed by atoms with van der Waals surface area (Å²) in [5, 5.41) is 9.07. The molecule has 0 radical (unpaired) electrons. The number of carbonyl (C=O) groups excluding carboxylic acids is 2. The van der Waals surface area contributed by atoms with Crippen LogP contribution in [0.4, 0.5) is 27.7 Å². The minimum absolute atomic E-state index is 0.273. The van der Waals surface area contributed by atoms with Crippen LogP contribution < -0.4 is 16.0 Å². The maximum Gasteiger partial charge on any atom is 0.341 e. The van der Waals surface area contributed by atoms with Gasteiger partial charge in [0.2, 0.25) is 0 Å². The zero-order valence-electron chi connectivity index (χ0n) is 15.9. The molecule has 0 aliphatic rings. The second-order valence-electron chi connectivity index (χ2n) is 6.00. The average molecular weight is 445 g/mol. The van der Waals surface area contributed by atoms with Gasteiger partial charge in [0, 0.05) is 17.6 Å². The lowest BCUT2D eigenvalue weighted by Crippen LogP contribution is -2.19. The number of benzene rings is 2. The predicted octanol–water partition coefficient (Wildman–Crippen LogP) is 5.95. The maximum absolute atomic E-state index is 12.2. The highest BCUT2D eigenvalue weighted by Crippen LogP contribution is 2.30. The molecule has 1 aromatic heterocycles. The molecule has 0 aliphatic carbocycles. The first-order valence-corrected chi connectivity index (χ1v) is 9.74. The summed E-state index contributed by atoms with van der Waals surface area (Å²) in [5.41, 5.74) is 1.89. The highest BCUT2D eigenvalue weighted by Gasteiger charge is 2.14. The van der Waals surface area contributed by atoms with Gasteiger partial charge in [0.05, 0.1) is 22.3 Å². The fourth-order valence-electron chi connectivity index (χ4n) is 2.55. The standard InChI is InChI=1S/C21H18Cl2N4O3/c1-2-30-20(28)15-5-4-12-24-19(15)25-13-8-10-14(11-9-13)26-21(29)27-18-16(22)6-3-7-17(18)23/h3-12H,2H2,1H3,(H,24,25)(H2,26,27,29). The fourth-order valence-corrected chi connectivity index (χ4v) is 3.04. The van der Waals surface area contributed by atoms with Gasteiger partial charge in [-0.15, -0.1) is 0 Å². The molecular weight excluding hydrogens is 427 g/mol. The van der Waals surface area contributed by atoms with Crippen LogP contribution >= 0.6 is 23.2 Å². The van der Waals surface area contributed by atoms with Crippen molar-refractivity contribution in [3.05, 3.63) is 76.4 Å². The zero-order valence-corrected chi connectivity index (χ0v) is 17.4. The van der Waals surface area contributed by atoms with Crippen molar-refractivity contribution in [2.75, 3.05) is 22.6 Å². The molecule has 0 atom stereocenters. The van der Waals surface area contributed by atoms with E-state index in [9.17, 15) is 9.59 Å². The molecule has 0 saturated heterocycles. The normalized spacial score (nSPS) is 10.2. The second kappa shape index (κ2) is 9.96. The summed E-state index contributed by atoms with van der Waals surface area (Å²) in [4.78, 5) is 28.5. The number of hydrogen-bond donors (Lipinski definition) is 3. The van der Waals surface area contributed by atoms with Crippen LogP contribution in [0.3, 0.4) is 0 Å². The van der Waals surface area contributed by atoms with Gasteiger partial charge >= 0.3 is 12.0 Å². The van der Waals surface area contributed by atoms with Crippen LogP contribution in [0.15, 0.2) is 60.8 Å². The van der Waals surface area contributed by atoms with Crippen molar-refractivity contribution in [2.24, 2.45) is 0 Å². The number of halogens is 2. The molecule has 0 unspecified atom stereocenters. The minimum Gasteiger partial charge on any atom is -0.462 e. The first kappa shape index (κ1) is 21.4. The van der Waals surface area contributed by atoms with Crippen LogP contribution in [-0.2, 0) is 4.74 Å². The van der Waals surface area contributed by atoms with Crippen LogP contribution in [0, 0.1) is 0 Å². The van der Waals surface area contributed by atoms with Crippen molar-refractivity contribution < 1.29 is 14.3 Å². The molecule has 2 amide bonds. The van der Waals surface area contributed by atoms with E-state index in [2.05, 4.69) is 20.9 Å². The van der Waals surface area contributed by atoms with E-state index in [1.54, 1.807) is 67.7 Å². The van der Waals surface area contributed by atoms with E-state index in [0.717, 1.165) is 0 Å². The molecule has 1 heterocycles. The number of hydrogen-bond acceptors (Lipinski definition) is 5. The van der Waals surface area contributed by atoms with Crippen LogP contribution in [0.2, 0.25) is 10.0 Å². The summed E-state index contributed by atoms with van der Waals surface area (Å²) >= 11 is 12.1. The number of anilines is 4. The Bertz CT molecular complexity index is 1040. The molecule has 2 aromatic carbocycles. The minimum atomic E-state index is -0.486. The summed E-state index contributed by atoms with van der Waals surface area (Å²) < 4.78 is 5.04. The first-order chi connectivity index (χ1) is 14.5. The third kappa shape index (κ3) is 5.40. The molecule has 0 bridgehead atoms. The molecule has 7 nitrogen and oxygen atoms in total. The lowest BCUT2D eigenvalue weighted by molar-refractivity contribution is 0.0527. The van der Waals surface area contributed by atoms with Gasteiger partial charge < -0.3 is 20.7 Å². The summed E-state index contributed by atoms with van der Waals surface area (Å²) in [6.45, 7) is 2.01. The first-order valence-electron chi connectivity index (χ1n) is 8.99. The third-order valence-electron chi connectivity index (χ3n) is 3.91. The molecule has 0 fully saturated rings. The Labute approximate surface area is 183 Å². The molecule has 9 heteroatoms. The van der Waals surface area contributed by atoms with E-state index in [4.69, 9.17) is 27.9 Å². The van der Waals surface area contributed by atoms with E-state index in [-0.39, 0.29) is 6.61 Å². The smallest absolute Gasteiger partial charge is 0.341 e. The molecule has 154 valence electrons. The Balaban J connectivity index is 1.66. The van der Waals surface area contributed by atoms with Crippen molar-refractivity contribution in [3.8, 4) is 0 Å². The molecule has 0 saturated carbocycles. The highest BCUT2D eigenvalue weighted by molar-refractivity contribution is 6.39. The number of ether oxygens (including phenoxy) is 1. The van der Waals surface area contributed by atoms with Gasteiger partial charge in [-0.3, -0.25) is 0 Å². The molecule has 3 rings (SSSR count). The number of esters is 1. The third-order valence-corrected chi connectivity index (χ3v) is 4.54. The van der Waals surface area contributed by atoms with Crippen molar-refractivity contribution in [2.45, 2.75) is 6.92 Å². The van der Waals surface area contributed by atoms with Gasteiger partial charge in [0.25, 0.3) is 0 Å². The number of pyridine rings is 1. The number of rotatable bonds is 6. The molecule has 0 aliphatic heterocycles. The number of carbonyl (C=O) groups is 2. The van der Waals surface area contributed by atoms with E-state index in [1.807, 2.05) is 0 Å². The predicted molar refractivity (Wildman–Crippen MR) is 119 cm³/mol. The number of para-hydroxylation sites is 1. The van der Waals surface area contributed by atoms with Crippen molar-refractivity contribution in [1.82, 2.24) is 4.98 Å². The van der Waals surface area contributed by atoms with E-state index >= 15 is 0 Å². The lowest BCUT2D eigenvalue weighted by Gasteiger charge is -2.12. The maximum atomic E-state index is 12.2. The van der Waals surface area contributed by atoms with Crippen molar-refractivity contribution in [3.63, 3.8) is 0 Å². The summed E-state index contributed by atoms with van der Waals surface area (Å²) in [6.07, 6.45) is 1.57. The molecule has 0 spiro atoms. The number of nitrogens with zero attached hydrogens (tertiary/aromatic N) is 1. The Morgan fingerprint density at radius 1 is 0.933 bits per heavy atom. The van der Waals surface area contributed by atoms with Crippen LogP contribution in [-0.4, -0.2) is 23.6 Å². The molecule has 30 heavy (non-hydrogen) atoms. The van der Waals surface area contributed by atoms with Crippen molar-refractivity contribution >= 4 is 58.1 Å². The SMILES string of the molecule is CCOC(=O)c1cccnc1Nc1ccc(NC(=O)Nc2c(Cl)cccc2Cl)cc1. The van der Waals surface area contributed by atoms with Crippen molar-refractivity contribution in [1.29, 1.82) is 0 Å². The Kier molecular flexibility index (Phi) is 7.11. The summed E-state index contributed by atoms with van der Waals surface area (Å²) in [7, 11) is 0. The van der Waals surface area contributed by atoms with Gasteiger partial charge in [0.15, 0.2) is 0 Å². The van der Waals surface area contributed by atoms with Gasteiger partial charge in [-0.05, 0) is 55.5 Å².